The van der Waals surface area contributed by atoms with E-state index in [1.807, 2.05) is 30.3 Å². The molecule has 0 spiro atoms. The molecule has 2 aliphatic rings. The summed E-state index contributed by atoms with van der Waals surface area (Å²) in [6, 6.07) is 27.4. The number of primary amides is 1. The van der Waals surface area contributed by atoms with Crippen LogP contribution in [-0.2, 0) is 6.42 Å². The summed E-state index contributed by atoms with van der Waals surface area (Å²) in [6.07, 6.45) is 10.9. The highest BCUT2D eigenvalue weighted by Gasteiger charge is 2.29. The van der Waals surface area contributed by atoms with Crippen molar-refractivity contribution in [3.05, 3.63) is 113 Å². The minimum absolute atomic E-state index is 0.384. The number of aryl methyl sites for hydroxylation is 1. The van der Waals surface area contributed by atoms with Crippen LogP contribution in [-0.4, -0.2) is 29.9 Å². The van der Waals surface area contributed by atoms with Crippen molar-refractivity contribution >= 4 is 33.0 Å². The second kappa shape index (κ2) is 11.8. The molecule has 2 N–H and O–H groups in total. The molecule has 2 aliphatic carbocycles. The monoisotopic (exact) mass is 502 g/mol. The first-order valence-corrected chi connectivity index (χ1v) is 14.0. The Hall–Kier alpha value is -3.69. The summed E-state index contributed by atoms with van der Waals surface area (Å²) in [5, 5.41) is 4.98. The fourth-order valence-electron chi connectivity index (χ4n) is 6.13. The molecule has 38 heavy (non-hydrogen) atoms. The molecule has 0 fully saturated rings. The van der Waals surface area contributed by atoms with Crippen molar-refractivity contribution in [1.82, 2.24) is 4.90 Å². The number of amides is 1. The normalized spacial score (nSPS) is 16.2. The predicted octanol–water partition coefficient (Wildman–Crippen LogP) is 7.93. The first kappa shape index (κ1) is 25.9. The minimum atomic E-state index is -0.384. The number of carbonyl (C=O) groups excluding carboxylic acids is 1. The van der Waals surface area contributed by atoms with Crippen LogP contribution in [0.5, 0.6) is 0 Å². The molecule has 0 aromatic heterocycles. The van der Waals surface area contributed by atoms with Gasteiger partial charge in [-0.15, -0.1) is 0 Å². The van der Waals surface area contributed by atoms with Crippen LogP contribution in [0.4, 0.5) is 0 Å². The number of fused-ring (bicyclic) bond motifs is 5. The maximum atomic E-state index is 10.9. The molecule has 0 saturated carbocycles. The van der Waals surface area contributed by atoms with Crippen LogP contribution in [0.1, 0.15) is 61.0 Å². The smallest absolute Gasteiger partial charge is 0.248 e. The predicted molar refractivity (Wildman–Crippen MR) is 161 cm³/mol. The van der Waals surface area contributed by atoms with Crippen LogP contribution < -0.4 is 5.73 Å². The van der Waals surface area contributed by atoms with E-state index in [4.69, 9.17) is 5.73 Å². The molecular formula is C35H38N2O. The van der Waals surface area contributed by atoms with E-state index >= 15 is 0 Å². The summed E-state index contributed by atoms with van der Waals surface area (Å²) < 4.78 is 0. The number of hydrogen-bond donors (Lipinski definition) is 1. The highest BCUT2D eigenvalue weighted by Crippen LogP contribution is 2.41. The SMILES string of the molecule is CCCN(CCC)C1CC=CC2=C1CCc1c2ccc2ccccc12.NC(=O)c1ccc2ccccc2c1. The summed E-state index contributed by atoms with van der Waals surface area (Å²) >= 11 is 0. The Balaban J connectivity index is 0.000000190. The van der Waals surface area contributed by atoms with E-state index in [0.717, 1.165) is 10.8 Å². The van der Waals surface area contributed by atoms with Crippen LogP contribution >= 0.6 is 0 Å². The molecule has 194 valence electrons. The first-order chi connectivity index (χ1) is 18.6. The summed E-state index contributed by atoms with van der Waals surface area (Å²) in [6.45, 7) is 7.04. The standard InChI is InChI=1S/C24H29N.C11H9NO/c1-3-16-25(17-4-2)24-11-7-10-20-22-13-12-18-8-5-6-9-19(18)21(22)14-15-23(20)24;12-11(13)10-6-5-8-3-1-2-4-9(8)7-10/h5-10,12-13,24H,3-4,11,14-17H2,1-2H3;1-7H,(H2,12,13). The number of nitrogens with zero attached hydrogens (tertiary/aromatic N) is 1. The van der Waals surface area contributed by atoms with Gasteiger partial charge in [-0.2, -0.15) is 0 Å². The van der Waals surface area contributed by atoms with Gasteiger partial charge in [-0.05, 0) is 101 Å². The lowest BCUT2D eigenvalue weighted by Crippen LogP contribution is -2.39. The molecule has 6 rings (SSSR count). The van der Waals surface area contributed by atoms with Gasteiger partial charge in [0, 0.05) is 11.6 Å². The van der Waals surface area contributed by atoms with E-state index in [9.17, 15) is 4.79 Å². The number of carbonyl (C=O) groups is 1. The van der Waals surface area contributed by atoms with E-state index in [0.29, 0.717) is 11.6 Å². The van der Waals surface area contributed by atoms with Gasteiger partial charge in [0.25, 0.3) is 0 Å². The third-order valence-corrected chi connectivity index (χ3v) is 7.86. The molecule has 1 amide bonds. The lowest BCUT2D eigenvalue weighted by atomic mass is 9.77. The fraction of sp³-hybridized carbons (Fsp3) is 0.286. The molecule has 1 unspecified atom stereocenters. The molecular weight excluding hydrogens is 464 g/mol. The van der Waals surface area contributed by atoms with Crippen LogP contribution in [0.15, 0.2) is 96.6 Å². The van der Waals surface area contributed by atoms with Gasteiger partial charge in [0.05, 0.1) is 0 Å². The van der Waals surface area contributed by atoms with Crippen LogP contribution in [0.25, 0.3) is 27.1 Å². The first-order valence-electron chi connectivity index (χ1n) is 14.0. The van der Waals surface area contributed by atoms with Crippen molar-refractivity contribution in [3.8, 4) is 0 Å². The maximum absolute atomic E-state index is 10.9. The van der Waals surface area contributed by atoms with Gasteiger partial charge < -0.3 is 5.73 Å². The third kappa shape index (κ3) is 5.30. The van der Waals surface area contributed by atoms with Gasteiger partial charge in [-0.3, -0.25) is 9.69 Å². The van der Waals surface area contributed by atoms with Gasteiger partial charge in [0.1, 0.15) is 0 Å². The molecule has 0 heterocycles. The highest BCUT2D eigenvalue weighted by molar-refractivity contribution is 5.97. The summed E-state index contributed by atoms with van der Waals surface area (Å²) in [5.74, 6) is -0.384. The molecule has 3 heteroatoms. The number of allylic oxidation sites excluding steroid dienone is 2. The molecule has 3 nitrogen and oxygen atoms in total. The lowest BCUT2D eigenvalue weighted by Gasteiger charge is -2.38. The van der Waals surface area contributed by atoms with Crippen LogP contribution in [0, 0.1) is 0 Å². The Bertz CT molecular complexity index is 1510. The van der Waals surface area contributed by atoms with Crippen molar-refractivity contribution in [2.75, 3.05) is 13.1 Å². The Kier molecular flexibility index (Phi) is 8.05. The fourth-order valence-corrected chi connectivity index (χ4v) is 6.13. The largest absolute Gasteiger partial charge is 0.366 e. The molecule has 0 aliphatic heterocycles. The Labute approximate surface area is 226 Å². The molecule has 0 radical (unpaired) electrons. The summed E-state index contributed by atoms with van der Waals surface area (Å²) in [4.78, 5) is 13.6. The van der Waals surface area contributed by atoms with Gasteiger partial charge in [-0.25, -0.2) is 0 Å². The average molecular weight is 503 g/mol. The molecule has 4 aromatic carbocycles. The second-order valence-electron chi connectivity index (χ2n) is 10.4. The zero-order chi connectivity index (χ0) is 26.5. The van der Waals surface area contributed by atoms with Crippen LogP contribution in [0.3, 0.4) is 0 Å². The Morgan fingerprint density at radius 3 is 2.26 bits per heavy atom. The minimum Gasteiger partial charge on any atom is -0.366 e. The van der Waals surface area contributed by atoms with Crippen molar-refractivity contribution in [3.63, 3.8) is 0 Å². The van der Waals surface area contributed by atoms with E-state index in [-0.39, 0.29) is 5.91 Å². The summed E-state index contributed by atoms with van der Waals surface area (Å²) in [7, 11) is 0. The molecule has 1 atom stereocenters. The van der Waals surface area contributed by atoms with Gasteiger partial charge in [0.2, 0.25) is 5.91 Å². The van der Waals surface area contributed by atoms with E-state index in [1.54, 1.807) is 23.3 Å². The molecule has 0 saturated heterocycles. The quantitative estimate of drug-likeness (QED) is 0.291. The van der Waals surface area contributed by atoms with Gasteiger partial charge in [-0.1, -0.05) is 92.7 Å². The van der Waals surface area contributed by atoms with Gasteiger partial charge >= 0.3 is 0 Å². The zero-order valence-corrected chi connectivity index (χ0v) is 22.6. The number of rotatable bonds is 6. The average Bonchev–Trinajstić information content (AvgIpc) is 2.96. The molecule has 4 aromatic rings. The van der Waals surface area contributed by atoms with E-state index in [2.05, 4.69) is 67.3 Å². The summed E-state index contributed by atoms with van der Waals surface area (Å²) in [5.41, 5.74) is 12.0. The molecule has 0 bridgehead atoms. The zero-order valence-electron chi connectivity index (χ0n) is 22.6. The maximum Gasteiger partial charge on any atom is 0.248 e. The number of benzene rings is 4. The lowest BCUT2D eigenvalue weighted by molar-refractivity contribution is 0.100. The van der Waals surface area contributed by atoms with Crippen molar-refractivity contribution in [1.29, 1.82) is 0 Å². The number of hydrogen-bond acceptors (Lipinski definition) is 2. The van der Waals surface area contributed by atoms with Gasteiger partial charge in [0.15, 0.2) is 0 Å². The Morgan fingerprint density at radius 2 is 1.53 bits per heavy atom. The topological polar surface area (TPSA) is 46.3 Å². The highest BCUT2D eigenvalue weighted by atomic mass is 16.1. The van der Waals surface area contributed by atoms with E-state index in [1.165, 1.54) is 67.1 Å². The number of nitrogens with two attached hydrogens (primary N) is 1. The second-order valence-corrected chi connectivity index (χ2v) is 10.4. The third-order valence-electron chi connectivity index (χ3n) is 7.86. The van der Waals surface area contributed by atoms with Crippen LogP contribution in [0.2, 0.25) is 0 Å². The van der Waals surface area contributed by atoms with Crippen molar-refractivity contribution in [2.45, 2.75) is 52.0 Å². The van der Waals surface area contributed by atoms with Crippen molar-refractivity contribution in [2.24, 2.45) is 5.73 Å². The van der Waals surface area contributed by atoms with Crippen molar-refractivity contribution < 1.29 is 4.79 Å². The van der Waals surface area contributed by atoms with E-state index < -0.39 is 0 Å². The Morgan fingerprint density at radius 1 is 0.842 bits per heavy atom.